The van der Waals surface area contributed by atoms with E-state index in [2.05, 4.69) is 0 Å². The van der Waals surface area contributed by atoms with E-state index in [-0.39, 0.29) is 25.4 Å². The van der Waals surface area contributed by atoms with Crippen LogP contribution in [0.2, 0.25) is 0 Å². The van der Waals surface area contributed by atoms with Crippen molar-refractivity contribution in [2.45, 2.75) is 31.9 Å². The van der Waals surface area contributed by atoms with Crippen LogP contribution in [-0.4, -0.2) is 12.8 Å². The first kappa shape index (κ1) is 9.84. The summed E-state index contributed by atoms with van der Waals surface area (Å²) in [6, 6.07) is 0. The van der Waals surface area contributed by atoms with Gasteiger partial charge < -0.3 is 0 Å². The molecule has 1 aliphatic rings. The molecule has 0 aliphatic heterocycles. The van der Waals surface area contributed by atoms with Crippen molar-refractivity contribution in [3.63, 3.8) is 0 Å². The second-order valence-corrected chi connectivity index (χ2v) is 3.43. The van der Waals surface area contributed by atoms with Gasteiger partial charge in [-0.25, -0.2) is 5.11 Å². The summed E-state index contributed by atoms with van der Waals surface area (Å²) in [5.74, 6) is -1.16. The van der Waals surface area contributed by atoms with E-state index >= 15 is 0 Å². The Balaban J connectivity index is 2.36. The van der Waals surface area contributed by atoms with Crippen molar-refractivity contribution in [3.05, 3.63) is 0 Å². The third-order valence-electron chi connectivity index (χ3n) is 2.55. The maximum absolute atomic E-state index is 12.1. The molecule has 0 bridgehead atoms. The van der Waals surface area contributed by atoms with Crippen LogP contribution >= 0.6 is 0 Å². The van der Waals surface area contributed by atoms with Crippen LogP contribution in [0.25, 0.3) is 0 Å². The minimum Gasteiger partial charge on any atom is -0.236 e. The average molecular weight is 181 g/mol. The minimum absolute atomic E-state index is 0.0106. The Morgan fingerprint density at radius 1 is 1.08 bits per heavy atom. The highest BCUT2D eigenvalue weighted by atomic mass is 19.4. The standard InChI is InChI=1S/C8H12F3O/c9-8(10,11)7-3-1-6(5-12)2-4-7/h6-7H,1-5H2. The molecule has 0 unspecified atom stereocenters. The van der Waals surface area contributed by atoms with Crippen LogP contribution in [0.1, 0.15) is 25.7 Å². The summed E-state index contributed by atoms with van der Waals surface area (Å²) in [6.07, 6.45) is -2.85. The summed E-state index contributed by atoms with van der Waals surface area (Å²) in [5, 5.41) is 10.4. The topological polar surface area (TPSA) is 19.9 Å². The summed E-state index contributed by atoms with van der Waals surface area (Å²) >= 11 is 0. The fourth-order valence-electron chi connectivity index (χ4n) is 1.66. The van der Waals surface area contributed by atoms with Crippen molar-refractivity contribution in [2.75, 3.05) is 6.61 Å². The fraction of sp³-hybridized carbons (Fsp3) is 1.00. The fourth-order valence-corrected chi connectivity index (χ4v) is 1.66. The molecule has 1 fully saturated rings. The second-order valence-electron chi connectivity index (χ2n) is 3.43. The molecule has 0 spiro atoms. The van der Waals surface area contributed by atoms with E-state index in [0.29, 0.717) is 12.8 Å². The predicted molar refractivity (Wildman–Crippen MR) is 37.1 cm³/mol. The number of rotatable bonds is 1. The minimum atomic E-state index is -4.05. The van der Waals surface area contributed by atoms with E-state index in [1.807, 2.05) is 0 Å². The molecule has 71 valence electrons. The van der Waals surface area contributed by atoms with Gasteiger partial charge in [-0.3, -0.25) is 0 Å². The monoisotopic (exact) mass is 181 g/mol. The van der Waals surface area contributed by atoms with Gasteiger partial charge in [-0.1, -0.05) is 0 Å². The van der Waals surface area contributed by atoms with Crippen LogP contribution in [0.15, 0.2) is 0 Å². The highest BCUT2D eigenvalue weighted by molar-refractivity contribution is 4.76. The van der Waals surface area contributed by atoms with Gasteiger partial charge in [0.25, 0.3) is 0 Å². The summed E-state index contributed by atoms with van der Waals surface area (Å²) in [5.41, 5.74) is 0. The van der Waals surface area contributed by atoms with Gasteiger partial charge in [0.05, 0.1) is 12.5 Å². The predicted octanol–water partition coefficient (Wildman–Crippen LogP) is 2.79. The van der Waals surface area contributed by atoms with Gasteiger partial charge in [0.1, 0.15) is 0 Å². The molecule has 1 rings (SSSR count). The molecule has 0 heterocycles. The Hall–Kier alpha value is -0.250. The number of halogens is 3. The molecule has 12 heavy (non-hydrogen) atoms. The first-order valence-corrected chi connectivity index (χ1v) is 4.19. The summed E-state index contributed by atoms with van der Waals surface area (Å²) in [4.78, 5) is 0. The molecular formula is C8H12F3O. The summed E-state index contributed by atoms with van der Waals surface area (Å²) in [7, 11) is 0. The Kier molecular flexibility index (Phi) is 2.99. The third-order valence-corrected chi connectivity index (χ3v) is 2.55. The highest BCUT2D eigenvalue weighted by Gasteiger charge is 2.41. The molecule has 4 heteroatoms. The molecule has 1 aliphatic carbocycles. The molecule has 1 saturated carbocycles. The van der Waals surface area contributed by atoms with Crippen LogP contribution in [0.5, 0.6) is 0 Å². The zero-order valence-electron chi connectivity index (χ0n) is 6.73. The Bertz CT molecular complexity index is 136. The molecule has 0 aromatic heterocycles. The largest absolute Gasteiger partial charge is 0.391 e. The van der Waals surface area contributed by atoms with Gasteiger partial charge in [0, 0.05) is 0 Å². The van der Waals surface area contributed by atoms with Crippen LogP contribution in [0.4, 0.5) is 13.2 Å². The quantitative estimate of drug-likeness (QED) is 0.592. The smallest absolute Gasteiger partial charge is 0.236 e. The van der Waals surface area contributed by atoms with Crippen molar-refractivity contribution in [3.8, 4) is 0 Å². The lowest BCUT2D eigenvalue weighted by atomic mass is 9.82. The van der Waals surface area contributed by atoms with E-state index in [4.69, 9.17) is 0 Å². The van der Waals surface area contributed by atoms with Gasteiger partial charge in [0.15, 0.2) is 0 Å². The van der Waals surface area contributed by atoms with Crippen LogP contribution < -0.4 is 0 Å². The van der Waals surface area contributed by atoms with E-state index in [1.165, 1.54) is 0 Å². The Labute approximate surface area is 69.6 Å². The lowest BCUT2D eigenvalue weighted by Gasteiger charge is -2.28. The molecule has 0 saturated heterocycles. The molecule has 1 nitrogen and oxygen atoms in total. The van der Waals surface area contributed by atoms with Gasteiger partial charge in [-0.15, -0.1) is 0 Å². The van der Waals surface area contributed by atoms with Gasteiger partial charge in [-0.05, 0) is 31.6 Å². The molecule has 0 atom stereocenters. The number of hydrogen-bond acceptors (Lipinski definition) is 0. The van der Waals surface area contributed by atoms with Crippen molar-refractivity contribution in [2.24, 2.45) is 11.8 Å². The molecular weight excluding hydrogens is 169 g/mol. The maximum atomic E-state index is 12.1. The lowest BCUT2D eigenvalue weighted by Crippen LogP contribution is -2.28. The summed E-state index contributed by atoms with van der Waals surface area (Å²) < 4.78 is 36.3. The third kappa shape index (κ3) is 2.37. The van der Waals surface area contributed by atoms with Crippen molar-refractivity contribution in [1.82, 2.24) is 0 Å². The van der Waals surface area contributed by atoms with Crippen molar-refractivity contribution >= 4 is 0 Å². The van der Waals surface area contributed by atoms with Crippen molar-refractivity contribution in [1.29, 1.82) is 0 Å². The summed E-state index contributed by atoms with van der Waals surface area (Å²) in [6.45, 7) is -0.218. The van der Waals surface area contributed by atoms with Gasteiger partial charge >= 0.3 is 6.18 Å². The molecule has 0 amide bonds. The first-order valence-electron chi connectivity index (χ1n) is 4.19. The van der Waals surface area contributed by atoms with Crippen molar-refractivity contribution < 1.29 is 18.3 Å². The van der Waals surface area contributed by atoms with Gasteiger partial charge in [-0.2, -0.15) is 13.2 Å². The van der Waals surface area contributed by atoms with E-state index < -0.39 is 12.1 Å². The van der Waals surface area contributed by atoms with E-state index in [9.17, 15) is 18.3 Å². The van der Waals surface area contributed by atoms with Gasteiger partial charge in [0.2, 0.25) is 0 Å². The van der Waals surface area contributed by atoms with Crippen LogP contribution in [-0.2, 0) is 5.11 Å². The average Bonchev–Trinajstić information content (AvgIpc) is 2.03. The molecule has 1 radical (unpaired) electrons. The highest BCUT2D eigenvalue weighted by Crippen LogP contribution is 2.39. The zero-order chi connectivity index (χ0) is 9.19. The maximum Gasteiger partial charge on any atom is 0.391 e. The molecule has 0 aromatic rings. The molecule has 0 aromatic carbocycles. The number of hydrogen-bond donors (Lipinski definition) is 0. The Morgan fingerprint density at radius 2 is 1.58 bits per heavy atom. The molecule has 0 N–H and O–H groups in total. The van der Waals surface area contributed by atoms with Crippen LogP contribution in [0.3, 0.4) is 0 Å². The van der Waals surface area contributed by atoms with E-state index in [1.54, 1.807) is 0 Å². The Morgan fingerprint density at radius 3 is 1.92 bits per heavy atom. The first-order chi connectivity index (χ1) is 5.54. The van der Waals surface area contributed by atoms with Crippen LogP contribution in [0, 0.1) is 11.8 Å². The number of alkyl halides is 3. The second kappa shape index (κ2) is 3.64. The SMILES string of the molecule is [O]CC1CCC(C(F)(F)F)CC1. The normalized spacial score (nSPS) is 32.0. The van der Waals surface area contributed by atoms with E-state index in [0.717, 1.165) is 0 Å². The zero-order valence-corrected chi connectivity index (χ0v) is 6.73. The lowest BCUT2D eigenvalue weighted by molar-refractivity contribution is -0.184.